The smallest absolute Gasteiger partial charge is 0.347 e. The molecule has 3 atom stereocenters. The molecule has 7 nitrogen and oxygen atoms in total. The molecule has 3 unspecified atom stereocenters. The molecule has 7 heteroatoms. The third kappa shape index (κ3) is 6.94. The first kappa shape index (κ1) is 29.2. The highest BCUT2D eigenvalue weighted by Gasteiger charge is 2.47. The van der Waals surface area contributed by atoms with Crippen molar-refractivity contribution in [1.29, 1.82) is 0 Å². The lowest BCUT2D eigenvalue weighted by atomic mass is 9.68. The van der Waals surface area contributed by atoms with E-state index in [-0.39, 0.29) is 24.7 Å². The Morgan fingerprint density at radius 2 is 1.63 bits per heavy atom. The highest BCUT2D eigenvalue weighted by Crippen LogP contribution is 2.45. The predicted molar refractivity (Wildman–Crippen MR) is 143 cm³/mol. The van der Waals surface area contributed by atoms with Gasteiger partial charge in [0.25, 0.3) is 0 Å². The zero-order valence-electron chi connectivity index (χ0n) is 23.3. The quantitative estimate of drug-likeness (QED) is 0.283. The van der Waals surface area contributed by atoms with Crippen LogP contribution in [-0.4, -0.2) is 35.7 Å². The molecule has 0 saturated carbocycles. The third-order valence-electron chi connectivity index (χ3n) is 7.39. The van der Waals surface area contributed by atoms with Gasteiger partial charge in [-0.05, 0) is 83.1 Å². The Morgan fingerprint density at radius 3 is 2.18 bits per heavy atom. The number of rotatable bonds is 11. The van der Waals surface area contributed by atoms with Crippen molar-refractivity contribution in [2.75, 3.05) is 6.61 Å². The summed E-state index contributed by atoms with van der Waals surface area (Å²) in [4.78, 5) is 39.1. The van der Waals surface area contributed by atoms with E-state index in [0.29, 0.717) is 12.8 Å². The van der Waals surface area contributed by atoms with E-state index < -0.39 is 40.4 Å². The molecule has 38 heavy (non-hydrogen) atoms. The molecule has 1 fully saturated rings. The second-order valence-electron chi connectivity index (χ2n) is 11.6. The zero-order chi connectivity index (χ0) is 28.1. The number of hydrogen-bond donors (Lipinski definition) is 1. The summed E-state index contributed by atoms with van der Waals surface area (Å²) in [6, 6.07) is 16.5. The van der Waals surface area contributed by atoms with Crippen LogP contribution in [0.25, 0.3) is 0 Å². The number of aromatic hydroxyl groups is 1. The van der Waals surface area contributed by atoms with Gasteiger partial charge in [0.05, 0.1) is 17.4 Å². The van der Waals surface area contributed by atoms with E-state index in [0.717, 1.165) is 17.5 Å². The van der Waals surface area contributed by atoms with Gasteiger partial charge in [-0.3, -0.25) is 9.59 Å². The Labute approximate surface area is 225 Å². The number of ether oxygens (including phenoxy) is 3. The fraction of sp³-hybridized carbons (Fsp3) is 0.516. The molecule has 0 bridgehead atoms. The lowest BCUT2D eigenvalue weighted by Gasteiger charge is -2.39. The van der Waals surface area contributed by atoms with E-state index in [9.17, 15) is 19.5 Å². The van der Waals surface area contributed by atoms with Crippen LogP contribution in [-0.2, 0) is 34.2 Å². The molecule has 206 valence electrons. The van der Waals surface area contributed by atoms with Crippen LogP contribution in [0.5, 0.6) is 5.75 Å². The molecule has 1 aliphatic rings. The molecule has 3 rings (SSSR count). The average Bonchev–Trinajstić information content (AvgIpc) is 3.27. The lowest BCUT2D eigenvalue weighted by molar-refractivity contribution is -0.177. The lowest BCUT2D eigenvalue weighted by Crippen LogP contribution is -2.43. The molecular weight excluding hydrogens is 484 g/mol. The molecular formula is C31H40O7. The molecule has 2 aromatic rings. The maximum atomic E-state index is 14.0. The summed E-state index contributed by atoms with van der Waals surface area (Å²) in [5.74, 6) is -1.36. The summed E-state index contributed by atoms with van der Waals surface area (Å²) < 4.78 is 16.6. The minimum atomic E-state index is -1.08. The minimum Gasteiger partial charge on any atom is -0.508 e. The minimum absolute atomic E-state index is 0.0235. The SMILES string of the molecule is CCC(CC(C)(CC(C)(C)C(=O)OC1CCOC1=O)C(=O)OC(C)(C)c1ccccc1)c1ccc(O)cc1. The first-order valence-electron chi connectivity index (χ1n) is 13.2. The molecule has 0 radical (unpaired) electrons. The van der Waals surface area contributed by atoms with Crippen LogP contribution >= 0.6 is 0 Å². The Morgan fingerprint density at radius 1 is 1.00 bits per heavy atom. The van der Waals surface area contributed by atoms with Gasteiger partial charge in [-0.1, -0.05) is 49.4 Å². The first-order valence-corrected chi connectivity index (χ1v) is 13.2. The number of phenolic OH excluding ortho intramolecular Hbond substituents is 1. The van der Waals surface area contributed by atoms with Crippen LogP contribution in [0, 0.1) is 10.8 Å². The Balaban J connectivity index is 1.91. The van der Waals surface area contributed by atoms with E-state index in [1.165, 1.54) is 0 Å². The van der Waals surface area contributed by atoms with Gasteiger partial charge in [-0.15, -0.1) is 0 Å². The number of phenols is 1. The van der Waals surface area contributed by atoms with Crippen LogP contribution in [0.15, 0.2) is 54.6 Å². The standard InChI is InChI=1S/C31H40O7/c1-7-21(22-13-15-24(32)16-14-22)19-31(6,28(35)38-30(4,5)23-11-9-8-10-12-23)20-29(2,3)27(34)37-25-17-18-36-26(25)33/h8-16,21,25,32H,7,17-20H2,1-6H3. The number of carbonyl (C=O) groups is 3. The first-order chi connectivity index (χ1) is 17.8. The van der Waals surface area contributed by atoms with Crippen LogP contribution in [0.4, 0.5) is 0 Å². The number of cyclic esters (lactones) is 1. The molecule has 1 aliphatic heterocycles. The van der Waals surface area contributed by atoms with E-state index in [2.05, 4.69) is 0 Å². The van der Waals surface area contributed by atoms with Crippen molar-refractivity contribution in [2.24, 2.45) is 10.8 Å². The fourth-order valence-corrected chi connectivity index (χ4v) is 5.19. The van der Waals surface area contributed by atoms with E-state index in [1.807, 2.05) is 70.2 Å². The number of carbonyl (C=O) groups excluding carboxylic acids is 3. The molecule has 0 amide bonds. The van der Waals surface area contributed by atoms with Crippen molar-refractivity contribution in [2.45, 2.75) is 84.8 Å². The van der Waals surface area contributed by atoms with Gasteiger partial charge in [-0.25, -0.2) is 4.79 Å². The predicted octanol–water partition coefficient (Wildman–Crippen LogP) is 6.04. The topological polar surface area (TPSA) is 99.1 Å². The van der Waals surface area contributed by atoms with Crippen molar-refractivity contribution >= 4 is 17.9 Å². The maximum Gasteiger partial charge on any atom is 0.347 e. The number of esters is 3. The van der Waals surface area contributed by atoms with Gasteiger partial charge < -0.3 is 19.3 Å². The molecule has 0 aliphatic carbocycles. The van der Waals surface area contributed by atoms with Gasteiger partial charge in [-0.2, -0.15) is 0 Å². The Hall–Kier alpha value is -3.35. The highest BCUT2D eigenvalue weighted by molar-refractivity contribution is 5.84. The van der Waals surface area contributed by atoms with Crippen molar-refractivity contribution in [1.82, 2.24) is 0 Å². The zero-order valence-corrected chi connectivity index (χ0v) is 23.3. The molecule has 1 N–H and O–H groups in total. The fourth-order valence-electron chi connectivity index (χ4n) is 5.19. The van der Waals surface area contributed by atoms with Crippen LogP contribution in [0.2, 0.25) is 0 Å². The van der Waals surface area contributed by atoms with Crippen LogP contribution in [0.1, 0.15) is 84.3 Å². The van der Waals surface area contributed by atoms with Crippen LogP contribution < -0.4 is 0 Å². The van der Waals surface area contributed by atoms with Crippen molar-refractivity contribution < 1.29 is 33.7 Å². The van der Waals surface area contributed by atoms with Gasteiger partial charge in [0.15, 0.2) is 0 Å². The summed E-state index contributed by atoms with van der Waals surface area (Å²) in [5.41, 5.74) is -1.19. The van der Waals surface area contributed by atoms with E-state index >= 15 is 0 Å². The van der Waals surface area contributed by atoms with E-state index in [1.54, 1.807) is 26.0 Å². The van der Waals surface area contributed by atoms with E-state index in [4.69, 9.17) is 14.2 Å². The Bertz CT molecular complexity index is 1120. The third-order valence-corrected chi connectivity index (χ3v) is 7.39. The monoisotopic (exact) mass is 524 g/mol. The Kier molecular flexibility index (Phi) is 8.90. The summed E-state index contributed by atoms with van der Waals surface area (Å²) in [6.45, 7) is 11.3. The molecule has 1 heterocycles. The van der Waals surface area contributed by atoms with Crippen molar-refractivity contribution in [3.8, 4) is 5.75 Å². The van der Waals surface area contributed by atoms with Crippen molar-refractivity contribution in [3.05, 3.63) is 65.7 Å². The normalized spacial score (nSPS) is 18.3. The van der Waals surface area contributed by atoms with Gasteiger partial charge in [0.2, 0.25) is 6.10 Å². The van der Waals surface area contributed by atoms with Gasteiger partial charge in [0.1, 0.15) is 11.4 Å². The van der Waals surface area contributed by atoms with Crippen LogP contribution in [0.3, 0.4) is 0 Å². The highest BCUT2D eigenvalue weighted by atomic mass is 16.6. The summed E-state index contributed by atoms with van der Waals surface area (Å²) in [5, 5.41) is 9.76. The van der Waals surface area contributed by atoms with Crippen molar-refractivity contribution in [3.63, 3.8) is 0 Å². The average molecular weight is 525 g/mol. The maximum absolute atomic E-state index is 14.0. The second kappa shape index (κ2) is 11.6. The largest absolute Gasteiger partial charge is 0.508 e. The van der Waals surface area contributed by atoms with Gasteiger partial charge in [0, 0.05) is 6.42 Å². The molecule has 0 aromatic heterocycles. The second-order valence-corrected chi connectivity index (χ2v) is 11.6. The summed E-state index contributed by atoms with van der Waals surface area (Å²) >= 11 is 0. The molecule has 2 aromatic carbocycles. The molecule has 1 saturated heterocycles. The van der Waals surface area contributed by atoms with Gasteiger partial charge >= 0.3 is 17.9 Å². The number of benzene rings is 2. The summed E-state index contributed by atoms with van der Waals surface area (Å²) in [7, 11) is 0. The summed E-state index contributed by atoms with van der Waals surface area (Å²) in [6.07, 6.45) is 0.717. The number of hydrogen-bond acceptors (Lipinski definition) is 7. The molecule has 0 spiro atoms.